The van der Waals surface area contributed by atoms with Gasteiger partial charge in [0.15, 0.2) is 0 Å². The standard InChI is InChI=1S/C10H19N5O/c1-4-6-11-8-13-9(12-7-5-2)15-10(14-8)16-3/h4-7H2,1-3H3,(H2,11,12,13,14,15). The molecule has 0 aromatic carbocycles. The molecule has 16 heavy (non-hydrogen) atoms. The summed E-state index contributed by atoms with van der Waals surface area (Å²) in [5.74, 6) is 1.10. The molecule has 0 aliphatic carbocycles. The Morgan fingerprint density at radius 3 is 1.81 bits per heavy atom. The molecule has 0 aliphatic rings. The fourth-order valence-electron chi connectivity index (χ4n) is 1.08. The number of hydrogen-bond acceptors (Lipinski definition) is 6. The van der Waals surface area contributed by atoms with Gasteiger partial charge in [-0.2, -0.15) is 15.0 Å². The molecule has 6 nitrogen and oxygen atoms in total. The van der Waals surface area contributed by atoms with Crippen LogP contribution in [0.4, 0.5) is 11.9 Å². The van der Waals surface area contributed by atoms with E-state index in [9.17, 15) is 0 Å². The number of nitrogens with one attached hydrogen (secondary N) is 2. The molecule has 6 heteroatoms. The second-order valence-corrected chi connectivity index (χ2v) is 3.32. The van der Waals surface area contributed by atoms with E-state index in [0.29, 0.717) is 17.9 Å². The van der Waals surface area contributed by atoms with E-state index in [-0.39, 0.29) is 0 Å². The van der Waals surface area contributed by atoms with Crippen LogP contribution in [0, 0.1) is 0 Å². The summed E-state index contributed by atoms with van der Waals surface area (Å²) in [6.45, 7) is 5.84. The van der Waals surface area contributed by atoms with Crippen LogP contribution in [0.15, 0.2) is 0 Å². The topological polar surface area (TPSA) is 72.0 Å². The lowest BCUT2D eigenvalue weighted by molar-refractivity contribution is 0.379. The van der Waals surface area contributed by atoms with Gasteiger partial charge in [0.05, 0.1) is 7.11 Å². The van der Waals surface area contributed by atoms with Gasteiger partial charge in [-0.1, -0.05) is 13.8 Å². The summed E-state index contributed by atoms with van der Waals surface area (Å²) < 4.78 is 5.01. The van der Waals surface area contributed by atoms with Crippen LogP contribution in [0.1, 0.15) is 26.7 Å². The molecule has 0 aliphatic heterocycles. The number of aromatic nitrogens is 3. The Labute approximate surface area is 95.9 Å². The van der Waals surface area contributed by atoms with Crippen molar-refractivity contribution in [1.29, 1.82) is 0 Å². The molecule has 0 saturated carbocycles. The van der Waals surface area contributed by atoms with Gasteiger partial charge in [0.25, 0.3) is 0 Å². The summed E-state index contributed by atoms with van der Waals surface area (Å²) >= 11 is 0. The average molecular weight is 225 g/mol. The predicted octanol–water partition coefficient (Wildman–Crippen LogP) is 1.52. The average Bonchev–Trinajstić information content (AvgIpc) is 2.33. The first-order valence-corrected chi connectivity index (χ1v) is 5.58. The van der Waals surface area contributed by atoms with Crippen molar-refractivity contribution in [3.63, 3.8) is 0 Å². The summed E-state index contributed by atoms with van der Waals surface area (Å²) in [5, 5.41) is 6.21. The molecule has 90 valence electrons. The van der Waals surface area contributed by atoms with E-state index in [2.05, 4.69) is 39.4 Å². The van der Waals surface area contributed by atoms with Gasteiger partial charge in [0, 0.05) is 13.1 Å². The molecule has 1 aromatic heterocycles. The van der Waals surface area contributed by atoms with Crippen molar-refractivity contribution in [1.82, 2.24) is 15.0 Å². The molecule has 2 N–H and O–H groups in total. The van der Waals surface area contributed by atoms with Gasteiger partial charge >= 0.3 is 6.01 Å². The molecular weight excluding hydrogens is 206 g/mol. The highest BCUT2D eigenvalue weighted by Gasteiger charge is 2.05. The summed E-state index contributed by atoms with van der Waals surface area (Å²) in [6.07, 6.45) is 2.04. The minimum absolute atomic E-state index is 0.326. The van der Waals surface area contributed by atoms with E-state index < -0.39 is 0 Å². The van der Waals surface area contributed by atoms with Crippen molar-refractivity contribution in [2.45, 2.75) is 26.7 Å². The quantitative estimate of drug-likeness (QED) is 0.733. The molecule has 0 unspecified atom stereocenters. The van der Waals surface area contributed by atoms with Gasteiger partial charge in [-0.15, -0.1) is 0 Å². The molecule has 0 saturated heterocycles. The highest BCUT2D eigenvalue weighted by atomic mass is 16.5. The lowest BCUT2D eigenvalue weighted by Gasteiger charge is -2.08. The SMILES string of the molecule is CCCNc1nc(NCCC)nc(OC)n1. The van der Waals surface area contributed by atoms with Crippen molar-refractivity contribution in [2.75, 3.05) is 30.8 Å². The van der Waals surface area contributed by atoms with E-state index in [0.717, 1.165) is 25.9 Å². The fraction of sp³-hybridized carbons (Fsp3) is 0.700. The van der Waals surface area contributed by atoms with Gasteiger partial charge in [0.2, 0.25) is 11.9 Å². The zero-order chi connectivity index (χ0) is 11.8. The molecular formula is C10H19N5O. The van der Waals surface area contributed by atoms with Crippen LogP contribution in [-0.2, 0) is 0 Å². The molecule has 0 spiro atoms. The Bertz CT molecular complexity index is 292. The Balaban J connectivity index is 2.74. The van der Waals surface area contributed by atoms with Gasteiger partial charge in [0.1, 0.15) is 0 Å². The third-order valence-corrected chi connectivity index (χ3v) is 1.86. The number of methoxy groups -OCH3 is 1. The lowest BCUT2D eigenvalue weighted by Crippen LogP contribution is -2.11. The van der Waals surface area contributed by atoms with Crippen LogP contribution in [0.25, 0.3) is 0 Å². The summed E-state index contributed by atoms with van der Waals surface area (Å²) in [7, 11) is 1.54. The Morgan fingerprint density at radius 2 is 1.44 bits per heavy atom. The Morgan fingerprint density at radius 1 is 0.938 bits per heavy atom. The van der Waals surface area contributed by atoms with Crippen LogP contribution < -0.4 is 15.4 Å². The van der Waals surface area contributed by atoms with Gasteiger partial charge in [-0.3, -0.25) is 0 Å². The Kier molecular flexibility index (Phi) is 5.31. The maximum atomic E-state index is 5.01. The van der Waals surface area contributed by atoms with Crippen molar-refractivity contribution in [3.05, 3.63) is 0 Å². The molecule has 0 radical (unpaired) electrons. The second-order valence-electron chi connectivity index (χ2n) is 3.32. The highest BCUT2D eigenvalue weighted by molar-refractivity contribution is 5.35. The third kappa shape index (κ3) is 3.88. The minimum atomic E-state index is 0.326. The second kappa shape index (κ2) is 6.81. The summed E-state index contributed by atoms with van der Waals surface area (Å²) in [4.78, 5) is 12.4. The Hall–Kier alpha value is -1.59. The maximum absolute atomic E-state index is 5.01. The maximum Gasteiger partial charge on any atom is 0.322 e. The van der Waals surface area contributed by atoms with E-state index >= 15 is 0 Å². The molecule has 1 rings (SSSR count). The van der Waals surface area contributed by atoms with E-state index in [1.165, 1.54) is 0 Å². The van der Waals surface area contributed by atoms with E-state index in [1.807, 2.05) is 0 Å². The highest BCUT2D eigenvalue weighted by Crippen LogP contribution is 2.10. The number of ether oxygens (including phenoxy) is 1. The van der Waals surface area contributed by atoms with Crippen LogP contribution >= 0.6 is 0 Å². The normalized spacial score (nSPS) is 9.94. The zero-order valence-corrected chi connectivity index (χ0v) is 10.1. The molecule has 0 bridgehead atoms. The van der Waals surface area contributed by atoms with E-state index in [4.69, 9.17) is 4.74 Å². The van der Waals surface area contributed by atoms with Crippen molar-refractivity contribution >= 4 is 11.9 Å². The van der Waals surface area contributed by atoms with Gasteiger partial charge < -0.3 is 15.4 Å². The molecule has 0 fully saturated rings. The lowest BCUT2D eigenvalue weighted by atomic mass is 10.5. The van der Waals surface area contributed by atoms with Crippen molar-refractivity contribution < 1.29 is 4.74 Å². The van der Waals surface area contributed by atoms with Crippen molar-refractivity contribution in [2.24, 2.45) is 0 Å². The molecule has 1 heterocycles. The summed E-state index contributed by atoms with van der Waals surface area (Å²) in [6, 6.07) is 0.326. The fourth-order valence-corrected chi connectivity index (χ4v) is 1.08. The first-order chi connectivity index (χ1) is 7.80. The minimum Gasteiger partial charge on any atom is -0.467 e. The third-order valence-electron chi connectivity index (χ3n) is 1.86. The largest absolute Gasteiger partial charge is 0.467 e. The van der Waals surface area contributed by atoms with Crippen molar-refractivity contribution in [3.8, 4) is 6.01 Å². The predicted molar refractivity (Wildman–Crippen MR) is 63.9 cm³/mol. The first kappa shape index (κ1) is 12.5. The smallest absolute Gasteiger partial charge is 0.322 e. The van der Waals surface area contributed by atoms with Crippen LogP contribution in [0.5, 0.6) is 6.01 Å². The number of hydrogen-bond donors (Lipinski definition) is 2. The zero-order valence-electron chi connectivity index (χ0n) is 10.1. The van der Waals surface area contributed by atoms with Crippen LogP contribution in [-0.4, -0.2) is 35.2 Å². The van der Waals surface area contributed by atoms with Gasteiger partial charge in [-0.25, -0.2) is 0 Å². The number of anilines is 2. The summed E-state index contributed by atoms with van der Waals surface area (Å²) in [5.41, 5.74) is 0. The number of rotatable bonds is 7. The first-order valence-electron chi connectivity index (χ1n) is 5.58. The monoisotopic (exact) mass is 225 g/mol. The molecule has 0 amide bonds. The van der Waals surface area contributed by atoms with Crippen LogP contribution in [0.3, 0.4) is 0 Å². The van der Waals surface area contributed by atoms with E-state index in [1.54, 1.807) is 7.11 Å². The molecule has 1 aromatic rings. The van der Waals surface area contributed by atoms with Gasteiger partial charge in [-0.05, 0) is 12.8 Å². The molecule has 0 atom stereocenters. The number of nitrogens with zero attached hydrogens (tertiary/aromatic N) is 3. The van der Waals surface area contributed by atoms with Crippen LogP contribution in [0.2, 0.25) is 0 Å².